The highest BCUT2D eigenvalue weighted by molar-refractivity contribution is 6.34. The molecule has 106 valence electrons. The van der Waals surface area contributed by atoms with Crippen LogP contribution in [0.3, 0.4) is 0 Å². The van der Waals surface area contributed by atoms with Gasteiger partial charge in [0, 0.05) is 0 Å². The number of aryl methyl sites for hydroxylation is 1. The van der Waals surface area contributed by atoms with E-state index < -0.39 is 0 Å². The minimum Gasteiger partial charge on any atom is -0.299 e. The van der Waals surface area contributed by atoms with Crippen molar-refractivity contribution in [3.05, 3.63) is 39.8 Å². The predicted octanol–water partition coefficient (Wildman–Crippen LogP) is 4.68. The summed E-state index contributed by atoms with van der Waals surface area (Å²) >= 11 is 6.30. The Balaban J connectivity index is 2.09. The van der Waals surface area contributed by atoms with Crippen LogP contribution in [0, 0.1) is 17.7 Å². The second kappa shape index (κ2) is 5.52. The molecule has 4 nitrogen and oxygen atoms in total. The van der Waals surface area contributed by atoms with Gasteiger partial charge in [-0.1, -0.05) is 36.0 Å². The average molecular weight is 292 g/mol. The molecule has 1 aliphatic carbocycles. The van der Waals surface area contributed by atoms with Crippen molar-refractivity contribution >= 4 is 17.1 Å². The van der Waals surface area contributed by atoms with Crippen LogP contribution in [0.1, 0.15) is 49.4 Å². The normalized spacial score (nSPS) is 18.3. The summed E-state index contributed by atoms with van der Waals surface area (Å²) in [4.78, 5) is 15.6. The van der Waals surface area contributed by atoms with Gasteiger partial charge in [0.05, 0.1) is 28.8 Å². The van der Waals surface area contributed by atoms with Crippen LogP contribution >= 0.6 is 11.6 Å². The van der Waals surface area contributed by atoms with E-state index in [1.165, 1.54) is 19.3 Å². The number of aromatic nitrogens is 2. The molecule has 0 bridgehead atoms. The molecule has 5 heteroatoms. The minimum absolute atomic E-state index is 0.303. The van der Waals surface area contributed by atoms with E-state index in [0.717, 1.165) is 29.6 Å². The van der Waals surface area contributed by atoms with Gasteiger partial charge in [-0.05, 0) is 37.3 Å². The standard InChI is InChI=1S/C15H18ClN3O/c1-10-7-12(19-9-17-8-13(19)14(10)16)15(18-20)11-5-3-2-4-6-11/h7-9,11,15H,2-6H2,1H3/t15-/m1/s1. The molecule has 2 aromatic heterocycles. The number of hydrogen-bond acceptors (Lipinski definition) is 3. The number of imidazole rings is 1. The Kier molecular flexibility index (Phi) is 3.74. The van der Waals surface area contributed by atoms with E-state index in [1.54, 1.807) is 12.5 Å². The molecule has 1 aliphatic rings. The van der Waals surface area contributed by atoms with Crippen molar-refractivity contribution in [3.8, 4) is 0 Å². The molecule has 20 heavy (non-hydrogen) atoms. The first-order valence-corrected chi connectivity index (χ1v) is 7.53. The monoisotopic (exact) mass is 291 g/mol. The number of fused-ring (bicyclic) bond motifs is 1. The van der Waals surface area contributed by atoms with Gasteiger partial charge in [0.2, 0.25) is 0 Å². The Bertz CT molecular complexity index is 631. The fourth-order valence-corrected chi connectivity index (χ4v) is 3.47. The summed E-state index contributed by atoms with van der Waals surface area (Å²) in [5, 5.41) is 4.13. The topological polar surface area (TPSA) is 46.7 Å². The fourth-order valence-electron chi connectivity index (χ4n) is 3.28. The van der Waals surface area contributed by atoms with Crippen LogP contribution in [0.2, 0.25) is 5.02 Å². The summed E-state index contributed by atoms with van der Waals surface area (Å²) in [5.41, 5.74) is 2.74. The summed E-state index contributed by atoms with van der Waals surface area (Å²) < 4.78 is 1.91. The molecule has 1 saturated carbocycles. The number of nitroso groups, excluding NO2 is 1. The quantitative estimate of drug-likeness (QED) is 0.771. The van der Waals surface area contributed by atoms with Gasteiger partial charge in [-0.3, -0.25) is 4.40 Å². The lowest BCUT2D eigenvalue weighted by Gasteiger charge is -2.26. The number of pyridine rings is 1. The first-order valence-electron chi connectivity index (χ1n) is 7.16. The Labute approximate surface area is 123 Å². The third-order valence-corrected chi connectivity index (χ3v) is 4.86. The summed E-state index contributed by atoms with van der Waals surface area (Å²) in [5.74, 6) is 0.340. The summed E-state index contributed by atoms with van der Waals surface area (Å²) in [7, 11) is 0. The molecule has 0 aliphatic heterocycles. The third-order valence-electron chi connectivity index (χ3n) is 4.37. The molecule has 0 N–H and O–H groups in total. The number of rotatable bonds is 3. The van der Waals surface area contributed by atoms with Crippen LogP contribution in [0.4, 0.5) is 0 Å². The lowest BCUT2D eigenvalue weighted by atomic mass is 9.82. The Hall–Kier alpha value is -1.42. The molecule has 0 saturated heterocycles. The zero-order chi connectivity index (χ0) is 14.1. The third kappa shape index (κ3) is 2.22. The van der Waals surface area contributed by atoms with Gasteiger partial charge in [-0.15, -0.1) is 0 Å². The van der Waals surface area contributed by atoms with E-state index in [4.69, 9.17) is 11.6 Å². The highest BCUT2D eigenvalue weighted by atomic mass is 35.5. The molecule has 1 fully saturated rings. The zero-order valence-electron chi connectivity index (χ0n) is 11.6. The Morgan fingerprint density at radius 3 is 2.85 bits per heavy atom. The molecule has 0 radical (unpaired) electrons. The van der Waals surface area contributed by atoms with Gasteiger partial charge in [-0.25, -0.2) is 4.98 Å². The van der Waals surface area contributed by atoms with Crippen molar-refractivity contribution in [2.45, 2.75) is 45.1 Å². The maximum Gasteiger partial charge on any atom is 0.135 e. The molecule has 0 amide bonds. The fraction of sp³-hybridized carbons (Fsp3) is 0.533. The molecule has 1 atom stereocenters. The highest BCUT2D eigenvalue weighted by Crippen LogP contribution is 2.38. The van der Waals surface area contributed by atoms with Crippen LogP contribution in [0.15, 0.2) is 23.8 Å². The molecule has 2 aromatic rings. The Morgan fingerprint density at radius 1 is 1.40 bits per heavy atom. The molecular weight excluding hydrogens is 274 g/mol. The summed E-state index contributed by atoms with van der Waals surface area (Å²) in [6.07, 6.45) is 9.26. The van der Waals surface area contributed by atoms with Crippen molar-refractivity contribution in [2.24, 2.45) is 11.1 Å². The number of halogens is 1. The molecule has 3 rings (SSSR count). The SMILES string of the molecule is Cc1cc([C@H](N=O)C2CCCCC2)n2cncc2c1Cl. The van der Waals surface area contributed by atoms with Crippen molar-refractivity contribution < 1.29 is 0 Å². The molecule has 0 spiro atoms. The lowest BCUT2D eigenvalue weighted by Crippen LogP contribution is -2.17. The van der Waals surface area contributed by atoms with Gasteiger partial charge in [0.1, 0.15) is 6.04 Å². The van der Waals surface area contributed by atoms with Crippen molar-refractivity contribution in [3.63, 3.8) is 0 Å². The van der Waals surface area contributed by atoms with E-state index >= 15 is 0 Å². The second-order valence-electron chi connectivity index (χ2n) is 5.66. The van der Waals surface area contributed by atoms with Crippen LogP contribution in [0.5, 0.6) is 0 Å². The first kappa shape index (κ1) is 13.6. The van der Waals surface area contributed by atoms with Crippen LogP contribution < -0.4 is 0 Å². The summed E-state index contributed by atoms with van der Waals surface area (Å²) in [6.45, 7) is 1.96. The van der Waals surface area contributed by atoms with E-state index in [2.05, 4.69) is 10.2 Å². The number of nitrogens with zero attached hydrogens (tertiary/aromatic N) is 3. The lowest BCUT2D eigenvalue weighted by molar-refractivity contribution is 0.303. The molecule has 0 aromatic carbocycles. The zero-order valence-corrected chi connectivity index (χ0v) is 12.3. The second-order valence-corrected chi connectivity index (χ2v) is 6.04. The van der Waals surface area contributed by atoms with Crippen LogP contribution in [-0.4, -0.2) is 9.38 Å². The van der Waals surface area contributed by atoms with E-state index in [-0.39, 0.29) is 6.04 Å². The van der Waals surface area contributed by atoms with Gasteiger partial charge in [0.25, 0.3) is 0 Å². The molecular formula is C15H18ClN3O. The Morgan fingerprint density at radius 2 is 2.15 bits per heavy atom. The van der Waals surface area contributed by atoms with Gasteiger partial charge >= 0.3 is 0 Å². The predicted molar refractivity (Wildman–Crippen MR) is 80.1 cm³/mol. The average Bonchev–Trinajstić information content (AvgIpc) is 2.96. The summed E-state index contributed by atoms with van der Waals surface area (Å²) in [6, 6.07) is 1.68. The van der Waals surface area contributed by atoms with Crippen LogP contribution in [-0.2, 0) is 0 Å². The maximum absolute atomic E-state index is 11.4. The maximum atomic E-state index is 11.4. The van der Waals surface area contributed by atoms with Gasteiger partial charge in [0.15, 0.2) is 0 Å². The minimum atomic E-state index is -0.303. The molecule has 0 unspecified atom stereocenters. The molecule has 2 heterocycles. The van der Waals surface area contributed by atoms with Crippen molar-refractivity contribution in [2.75, 3.05) is 0 Å². The van der Waals surface area contributed by atoms with Crippen LogP contribution in [0.25, 0.3) is 5.52 Å². The van der Waals surface area contributed by atoms with E-state index in [1.807, 2.05) is 17.4 Å². The smallest absolute Gasteiger partial charge is 0.135 e. The van der Waals surface area contributed by atoms with E-state index in [0.29, 0.717) is 10.9 Å². The van der Waals surface area contributed by atoms with Gasteiger partial charge < -0.3 is 0 Å². The largest absolute Gasteiger partial charge is 0.299 e. The van der Waals surface area contributed by atoms with Gasteiger partial charge in [-0.2, -0.15) is 4.91 Å². The highest BCUT2D eigenvalue weighted by Gasteiger charge is 2.28. The van der Waals surface area contributed by atoms with Crippen molar-refractivity contribution in [1.29, 1.82) is 0 Å². The first-order chi connectivity index (χ1) is 9.72. The number of hydrogen-bond donors (Lipinski definition) is 0. The van der Waals surface area contributed by atoms with Crippen molar-refractivity contribution in [1.82, 2.24) is 9.38 Å². The van der Waals surface area contributed by atoms with E-state index in [9.17, 15) is 4.91 Å².